The third-order valence-corrected chi connectivity index (χ3v) is 9.44. The fraction of sp³-hybridized carbons (Fsp3) is 0.600. The van der Waals surface area contributed by atoms with Gasteiger partial charge in [-0.1, -0.05) is 24.9 Å². The molecule has 2 fully saturated rings. The number of sulfonamides is 1. The molecule has 170 valence electrons. The van der Waals surface area contributed by atoms with E-state index in [2.05, 4.69) is 4.40 Å². The number of halogens is 1. The van der Waals surface area contributed by atoms with Crippen molar-refractivity contribution >= 4 is 48.9 Å². The molecule has 8 nitrogen and oxygen atoms in total. The lowest BCUT2D eigenvalue weighted by molar-refractivity contribution is 0.0697. The topological polar surface area (TPSA) is 104 Å². The third kappa shape index (κ3) is 4.34. The van der Waals surface area contributed by atoms with Gasteiger partial charge in [0.2, 0.25) is 0 Å². The number of anilines is 1. The van der Waals surface area contributed by atoms with Crippen LogP contribution in [0.2, 0.25) is 5.02 Å². The summed E-state index contributed by atoms with van der Waals surface area (Å²) in [5.41, 5.74) is 0.522. The second kappa shape index (κ2) is 8.37. The zero-order chi connectivity index (χ0) is 22.4. The van der Waals surface area contributed by atoms with E-state index in [9.17, 15) is 21.6 Å². The summed E-state index contributed by atoms with van der Waals surface area (Å²) in [6, 6.07) is 2.42. The molecule has 2 saturated heterocycles. The Balaban J connectivity index is 1.75. The van der Waals surface area contributed by atoms with Gasteiger partial charge in [0.05, 0.1) is 27.8 Å². The predicted octanol–water partition coefficient (Wildman–Crippen LogP) is 2.86. The second-order valence-corrected chi connectivity index (χ2v) is 12.5. The van der Waals surface area contributed by atoms with Gasteiger partial charge in [-0.3, -0.25) is 4.79 Å². The number of amidine groups is 1. The molecule has 1 atom stereocenters. The maximum absolute atomic E-state index is 13.4. The summed E-state index contributed by atoms with van der Waals surface area (Å²) in [6.45, 7) is 2.92. The van der Waals surface area contributed by atoms with Crippen LogP contribution in [0.5, 0.6) is 0 Å². The van der Waals surface area contributed by atoms with Crippen LogP contribution >= 0.6 is 11.6 Å². The number of rotatable bonds is 4. The molecule has 31 heavy (non-hydrogen) atoms. The first kappa shape index (κ1) is 22.5. The van der Waals surface area contributed by atoms with Crippen molar-refractivity contribution in [3.63, 3.8) is 0 Å². The van der Waals surface area contributed by atoms with E-state index in [0.29, 0.717) is 43.9 Å². The molecule has 0 saturated carbocycles. The molecule has 1 aromatic carbocycles. The largest absolute Gasteiger partial charge is 0.335 e. The molecule has 0 aromatic heterocycles. The molecule has 0 aliphatic carbocycles. The van der Waals surface area contributed by atoms with Crippen LogP contribution in [0.25, 0.3) is 0 Å². The van der Waals surface area contributed by atoms with Gasteiger partial charge in [-0.15, -0.1) is 4.40 Å². The van der Waals surface area contributed by atoms with Crippen molar-refractivity contribution in [1.82, 2.24) is 4.90 Å². The third-order valence-electron chi connectivity index (χ3n) is 6.04. The minimum absolute atomic E-state index is 0.0265. The van der Waals surface area contributed by atoms with Gasteiger partial charge in [0.15, 0.2) is 9.84 Å². The molecule has 0 N–H and O–H groups in total. The van der Waals surface area contributed by atoms with E-state index >= 15 is 0 Å². The van der Waals surface area contributed by atoms with Crippen molar-refractivity contribution < 1.29 is 21.6 Å². The number of fused-ring (bicyclic) bond motifs is 3. The van der Waals surface area contributed by atoms with Crippen LogP contribution in [-0.2, 0) is 19.9 Å². The van der Waals surface area contributed by atoms with E-state index in [0.717, 1.165) is 19.3 Å². The monoisotopic (exact) mass is 487 g/mol. The molecule has 0 radical (unpaired) electrons. The molecule has 0 bridgehead atoms. The van der Waals surface area contributed by atoms with Gasteiger partial charge in [-0.2, -0.15) is 8.42 Å². The van der Waals surface area contributed by atoms with Crippen LogP contribution in [0.1, 0.15) is 55.8 Å². The average Bonchev–Trinajstić information content (AvgIpc) is 2.90. The summed E-state index contributed by atoms with van der Waals surface area (Å²) in [6.07, 6.45) is 4.38. The molecule has 3 aliphatic rings. The molecule has 4 rings (SSSR count). The predicted molar refractivity (Wildman–Crippen MR) is 120 cm³/mol. The number of hydrogen-bond acceptors (Lipinski definition) is 6. The Hall–Kier alpha value is -1.65. The number of hydrogen-bond donors (Lipinski definition) is 0. The number of carbonyl (C=O) groups is 1. The Labute approximate surface area is 188 Å². The lowest BCUT2D eigenvalue weighted by atomic mass is 10.1. The lowest BCUT2D eigenvalue weighted by Gasteiger charge is -2.31. The maximum atomic E-state index is 13.4. The fourth-order valence-electron chi connectivity index (χ4n) is 4.53. The van der Waals surface area contributed by atoms with E-state index in [-0.39, 0.29) is 27.0 Å². The van der Waals surface area contributed by atoms with Crippen LogP contribution in [0.4, 0.5) is 5.69 Å². The zero-order valence-corrected chi connectivity index (χ0v) is 19.8. The van der Waals surface area contributed by atoms with Gasteiger partial charge in [0, 0.05) is 25.6 Å². The summed E-state index contributed by atoms with van der Waals surface area (Å²) < 4.78 is 53.7. The second-order valence-electron chi connectivity index (χ2n) is 8.30. The van der Waals surface area contributed by atoms with Crippen LogP contribution in [0.15, 0.2) is 21.4 Å². The van der Waals surface area contributed by atoms with Crippen LogP contribution < -0.4 is 4.90 Å². The van der Waals surface area contributed by atoms with Gasteiger partial charge < -0.3 is 9.80 Å². The summed E-state index contributed by atoms with van der Waals surface area (Å²) in [5, 5.41) is 0.159. The Morgan fingerprint density at radius 2 is 2.00 bits per heavy atom. The summed E-state index contributed by atoms with van der Waals surface area (Å²) >= 11 is 6.50. The molecule has 0 spiro atoms. The Morgan fingerprint density at radius 3 is 2.68 bits per heavy atom. The molecule has 11 heteroatoms. The first-order valence-electron chi connectivity index (χ1n) is 10.6. The number of amides is 1. The van der Waals surface area contributed by atoms with E-state index in [1.54, 1.807) is 0 Å². The SMILES string of the molecule is CCCN(C(=O)c1cc2c(cc1Cl)N1CCCCCC1=NS2(=O)=O)C1CCS(=O)(=O)C1. The normalized spacial score (nSPS) is 24.0. The lowest BCUT2D eigenvalue weighted by Crippen LogP contribution is -2.42. The van der Waals surface area contributed by atoms with Crippen molar-refractivity contribution in [3.05, 3.63) is 22.7 Å². The van der Waals surface area contributed by atoms with Crippen molar-refractivity contribution in [2.24, 2.45) is 4.40 Å². The smallest absolute Gasteiger partial charge is 0.286 e. The van der Waals surface area contributed by atoms with Crippen LogP contribution in [-0.4, -0.2) is 64.1 Å². The van der Waals surface area contributed by atoms with E-state index in [1.165, 1.54) is 17.0 Å². The molecular formula is C20H26ClN3O5S2. The van der Waals surface area contributed by atoms with Gasteiger partial charge >= 0.3 is 0 Å². The molecule has 1 aromatic rings. The Kier molecular flexibility index (Phi) is 6.08. The molecule has 3 aliphatic heterocycles. The van der Waals surface area contributed by atoms with E-state index in [4.69, 9.17) is 11.6 Å². The van der Waals surface area contributed by atoms with E-state index < -0.39 is 31.8 Å². The number of benzene rings is 1. The Bertz CT molecular complexity index is 1150. The number of carbonyl (C=O) groups excluding carboxylic acids is 1. The summed E-state index contributed by atoms with van der Waals surface area (Å²) in [7, 11) is -7.14. The Morgan fingerprint density at radius 1 is 1.23 bits per heavy atom. The number of nitrogens with zero attached hydrogens (tertiary/aromatic N) is 3. The van der Waals surface area contributed by atoms with Gasteiger partial charge in [-0.05, 0) is 37.8 Å². The zero-order valence-electron chi connectivity index (χ0n) is 17.4. The van der Waals surface area contributed by atoms with Crippen molar-refractivity contribution in [2.75, 3.05) is 29.5 Å². The molecule has 1 amide bonds. The van der Waals surface area contributed by atoms with Gasteiger partial charge in [-0.25, -0.2) is 8.42 Å². The highest BCUT2D eigenvalue weighted by Gasteiger charge is 2.37. The van der Waals surface area contributed by atoms with Crippen molar-refractivity contribution in [2.45, 2.75) is 56.4 Å². The first-order chi connectivity index (χ1) is 14.6. The van der Waals surface area contributed by atoms with Gasteiger partial charge in [0.25, 0.3) is 15.9 Å². The minimum Gasteiger partial charge on any atom is -0.335 e. The molecule has 1 unspecified atom stereocenters. The fourth-order valence-corrected chi connectivity index (χ4v) is 7.76. The van der Waals surface area contributed by atoms with Crippen molar-refractivity contribution in [1.29, 1.82) is 0 Å². The number of sulfone groups is 1. The van der Waals surface area contributed by atoms with E-state index in [1.807, 2.05) is 11.8 Å². The van der Waals surface area contributed by atoms with Crippen LogP contribution in [0, 0.1) is 0 Å². The van der Waals surface area contributed by atoms with Crippen LogP contribution in [0.3, 0.4) is 0 Å². The highest BCUT2D eigenvalue weighted by molar-refractivity contribution is 7.91. The first-order valence-corrected chi connectivity index (χ1v) is 14.2. The highest BCUT2D eigenvalue weighted by Crippen LogP contribution is 2.38. The van der Waals surface area contributed by atoms with Crippen molar-refractivity contribution in [3.8, 4) is 0 Å². The van der Waals surface area contributed by atoms with Gasteiger partial charge in [0.1, 0.15) is 10.7 Å². The average molecular weight is 488 g/mol. The summed E-state index contributed by atoms with van der Waals surface area (Å²) in [5.74, 6) is 0.0341. The standard InChI is InChI=1S/C20H26ClN3O5S2/c1-2-8-23(14-7-10-30(26,27)13-14)20(25)15-11-18-17(12-16(15)21)24-9-5-3-4-6-19(24)22-31(18,28)29/h11-12,14H,2-10,13H2,1H3. The summed E-state index contributed by atoms with van der Waals surface area (Å²) in [4.78, 5) is 16.8. The molecule has 3 heterocycles. The quantitative estimate of drug-likeness (QED) is 0.646. The maximum Gasteiger partial charge on any atom is 0.286 e. The highest BCUT2D eigenvalue weighted by atomic mass is 35.5. The molecular weight excluding hydrogens is 462 g/mol. The minimum atomic E-state index is -3.96.